The maximum Gasteiger partial charge on any atom is 0.254 e. The van der Waals surface area contributed by atoms with Crippen molar-refractivity contribution >= 4 is 5.91 Å². The number of primary amides is 1. The summed E-state index contributed by atoms with van der Waals surface area (Å²) in [6.45, 7) is 2.24. The topological polar surface area (TPSA) is 90.4 Å². The molecule has 0 aliphatic carbocycles. The zero-order valence-corrected chi connectivity index (χ0v) is 11.5. The maximum atomic E-state index is 12.8. The normalized spacial score (nSPS) is 12.1. The van der Waals surface area contributed by atoms with Crippen LogP contribution >= 0.6 is 0 Å². The monoisotopic (exact) mass is 293 g/mol. The highest BCUT2D eigenvalue weighted by atomic mass is 19.1. The van der Waals surface area contributed by atoms with E-state index < -0.39 is 11.9 Å². The summed E-state index contributed by atoms with van der Waals surface area (Å²) in [5, 5.41) is 6.63. The lowest BCUT2D eigenvalue weighted by atomic mass is 10.2. The number of nitrogens with zero attached hydrogens (tertiary/aromatic N) is 1. The molecule has 0 fully saturated rings. The van der Waals surface area contributed by atoms with Gasteiger partial charge in [-0.05, 0) is 29.8 Å². The molecule has 21 heavy (non-hydrogen) atoms. The molecule has 1 aromatic carbocycles. The van der Waals surface area contributed by atoms with Crippen LogP contribution in [-0.2, 0) is 17.9 Å². The molecule has 1 heterocycles. The summed E-state index contributed by atoms with van der Waals surface area (Å²) in [5.41, 5.74) is 5.95. The summed E-state index contributed by atoms with van der Waals surface area (Å²) < 4.78 is 23.2. The molecule has 0 saturated carbocycles. The SMILES string of the molecule is C[C@H](NCc1cc(OCc2ccc(F)cc2)no1)C(N)=O. The van der Waals surface area contributed by atoms with Crippen molar-refractivity contribution in [2.24, 2.45) is 5.73 Å². The second-order valence-corrected chi connectivity index (χ2v) is 4.55. The molecule has 1 aromatic heterocycles. The van der Waals surface area contributed by atoms with Crippen LogP contribution in [0.4, 0.5) is 4.39 Å². The van der Waals surface area contributed by atoms with Crippen molar-refractivity contribution in [2.75, 3.05) is 0 Å². The van der Waals surface area contributed by atoms with Gasteiger partial charge in [0, 0.05) is 6.07 Å². The average molecular weight is 293 g/mol. The van der Waals surface area contributed by atoms with Crippen LogP contribution in [0, 0.1) is 5.82 Å². The van der Waals surface area contributed by atoms with Gasteiger partial charge in [0.1, 0.15) is 12.4 Å². The molecule has 0 spiro atoms. The third kappa shape index (κ3) is 4.57. The Labute approximate surface area is 121 Å². The first-order valence-corrected chi connectivity index (χ1v) is 6.40. The molecule has 7 heteroatoms. The van der Waals surface area contributed by atoms with Gasteiger partial charge < -0.3 is 15.0 Å². The van der Waals surface area contributed by atoms with E-state index in [-0.39, 0.29) is 12.4 Å². The smallest absolute Gasteiger partial charge is 0.254 e. The number of benzene rings is 1. The summed E-state index contributed by atoms with van der Waals surface area (Å²) >= 11 is 0. The second-order valence-electron chi connectivity index (χ2n) is 4.55. The number of aromatic nitrogens is 1. The molecule has 3 N–H and O–H groups in total. The Morgan fingerprint density at radius 1 is 1.48 bits per heavy atom. The first kappa shape index (κ1) is 15.0. The Morgan fingerprint density at radius 2 is 2.19 bits per heavy atom. The molecule has 0 aliphatic heterocycles. The molecule has 112 valence electrons. The van der Waals surface area contributed by atoms with E-state index in [1.165, 1.54) is 12.1 Å². The minimum Gasteiger partial charge on any atom is -0.471 e. The number of ether oxygens (including phenoxy) is 1. The quantitative estimate of drug-likeness (QED) is 0.804. The van der Waals surface area contributed by atoms with E-state index in [0.29, 0.717) is 18.2 Å². The van der Waals surface area contributed by atoms with Gasteiger partial charge in [0.2, 0.25) is 5.91 Å². The van der Waals surface area contributed by atoms with Crippen molar-refractivity contribution in [1.29, 1.82) is 0 Å². The number of halogens is 1. The molecule has 2 aromatic rings. The number of nitrogens with two attached hydrogens (primary N) is 1. The van der Waals surface area contributed by atoms with Crippen LogP contribution in [0.15, 0.2) is 34.9 Å². The zero-order chi connectivity index (χ0) is 15.2. The maximum absolute atomic E-state index is 12.8. The average Bonchev–Trinajstić information content (AvgIpc) is 2.92. The van der Waals surface area contributed by atoms with Crippen molar-refractivity contribution < 1.29 is 18.4 Å². The van der Waals surface area contributed by atoms with E-state index in [2.05, 4.69) is 10.5 Å². The summed E-state index contributed by atoms with van der Waals surface area (Å²) in [7, 11) is 0. The first-order valence-electron chi connectivity index (χ1n) is 6.40. The predicted molar refractivity (Wildman–Crippen MR) is 72.7 cm³/mol. The highest BCUT2D eigenvalue weighted by Gasteiger charge is 2.10. The molecule has 0 unspecified atom stereocenters. The lowest BCUT2D eigenvalue weighted by Crippen LogP contribution is -2.38. The molecule has 1 atom stereocenters. The van der Waals surface area contributed by atoms with E-state index in [9.17, 15) is 9.18 Å². The van der Waals surface area contributed by atoms with Gasteiger partial charge >= 0.3 is 0 Å². The Hall–Kier alpha value is -2.41. The fourth-order valence-electron chi connectivity index (χ4n) is 1.54. The van der Waals surface area contributed by atoms with Gasteiger partial charge in [0.05, 0.1) is 12.6 Å². The van der Waals surface area contributed by atoms with Crippen LogP contribution in [0.3, 0.4) is 0 Å². The van der Waals surface area contributed by atoms with Gasteiger partial charge in [0.15, 0.2) is 5.76 Å². The molecule has 0 saturated heterocycles. The molecule has 0 bridgehead atoms. The second kappa shape index (κ2) is 6.85. The Bertz CT molecular complexity index is 598. The van der Waals surface area contributed by atoms with Crippen LogP contribution in [0.25, 0.3) is 0 Å². The number of rotatable bonds is 7. The molecule has 0 radical (unpaired) electrons. The van der Waals surface area contributed by atoms with Gasteiger partial charge in [-0.25, -0.2) is 4.39 Å². The predicted octanol–water partition coefficient (Wildman–Crippen LogP) is 1.36. The number of carbonyl (C=O) groups is 1. The van der Waals surface area contributed by atoms with Crippen molar-refractivity contribution in [3.63, 3.8) is 0 Å². The fraction of sp³-hybridized carbons (Fsp3) is 0.286. The third-order valence-corrected chi connectivity index (χ3v) is 2.85. The minimum absolute atomic E-state index is 0.261. The van der Waals surface area contributed by atoms with E-state index in [1.807, 2.05) is 0 Å². The number of amides is 1. The molecule has 1 amide bonds. The van der Waals surface area contributed by atoms with Gasteiger partial charge in [0.25, 0.3) is 5.88 Å². The van der Waals surface area contributed by atoms with Crippen LogP contribution in [-0.4, -0.2) is 17.1 Å². The number of carbonyl (C=O) groups excluding carboxylic acids is 1. The Morgan fingerprint density at radius 3 is 2.86 bits per heavy atom. The molecule has 6 nitrogen and oxygen atoms in total. The van der Waals surface area contributed by atoms with E-state index in [0.717, 1.165) is 5.56 Å². The Kier molecular flexibility index (Phi) is 4.89. The molecule has 0 aliphatic rings. The lowest BCUT2D eigenvalue weighted by Gasteiger charge is -2.06. The van der Waals surface area contributed by atoms with E-state index >= 15 is 0 Å². The van der Waals surface area contributed by atoms with Crippen LogP contribution < -0.4 is 15.8 Å². The highest BCUT2D eigenvalue weighted by Crippen LogP contribution is 2.13. The standard InChI is InChI=1S/C14H16FN3O3/c1-9(14(16)19)17-7-12-6-13(18-21-12)20-8-10-2-4-11(15)5-3-10/h2-6,9,17H,7-8H2,1H3,(H2,16,19)/t9-/m0/s1. The minimum atomic E-state index is -0.460. The van der Waals surface area contributed by atoms with Crippen molar-refractivity contribution in [2.45, 2.75) is 26.1 Å². The van der Waals surface area contributed by atoms with E-state index in [1.54, 1.807) is 25.1 Å². The van der Waals surface area contributed by atoms with Crippen molar-refractivity contribution in [1.82, 2.24) is 10.5 Å². The van der Waals surface area contributed by atoms with Crippen LogP contribution in [0.2, 0.25) is 0 Å². The molecular formula is C14H16FN3O3. The number of hydrogen-bond acceptors (Lipinski definition) is 5. The lowest BCUT2D eigenvalue weighted by molar-refractivity contribution is -0.119. The van der Waals surface area contributed by atoms with Gasteiger partial charge in [-0.1, -0.05) is 12.1 Å². The largest absolute Gasteiger partial charge is 0.471 e. The van der Waals surface area contributed by atoms with Crippen LogP contribution in [0.5, 0.6) is 5.88 Å². The Balaban J connectivity index is 1.82. The summed E-state index contributed by atoms with van der Waals surface area (Å²) in [4.78, 5) is 10.9. The van der Waals surface area contributed by atoms with Crippen molar-refractivity contribution in [3.05, 3.63) is 47.5 Å². The van der Waals surface area contributed by atoms with E-state index in [4.69, 9.17) is 15.0 Å². The first-order chi connectivity index (χ1) is 10.0. The summed E-state index contributed by atoms with van der Waals surface area (Å²) in [6.07, 6.45) is 0. The van der Waals surface area contributed by atoms with Gasteiger partial charge in [-0.3, -0.25) is 10.1 Å². The zero-order valence-electron chi connectivity index (χ0n) is 11.5. The number of nitrogens with one attached hydrogen (secondary N) is 1. The van der Waals surface area contributed by atoms with Gasteiger partial charge in [-0.2, -0.15) is 0 Å². The van der Waals surface area contributed by atoms with Crippen molar-refractivity contribution in [3.8, 4) is 5.88 Å². The van der Waals surface area contributed by atoms with Gasteiger partial charge in [-0.15, -0.1) is 0 Å². The number of hydrogen-bond donors (Lipinski definition) is 2. The fourth-order valence-corrected chi connectivity index (χ4v) is 1.54. The molecular weight excluding hydrogens is 277 g/mol. The molecule has 2 rings (SSSR count). The third-order valence-electron chi connectivity index (χ3n) is 2.85. The van der Waals surface area contributed by atoms with Crippen LogP contribution in [0.1, 0.15) is 18.2 Å². The summed E-state index contributed by atoms with van der Waals surface area (Å²) in [5.74, 6) is 0.111. The summed E-state index contributed by atoms with van der Waals surface area (Å²) in [6, 6.07) is 7.14. The highest BCUT2D eigenvalue weighted by molar-refractivity contribution is 5.79.